The van der Waals surface area contributed by atoms with E-state index in [0.717, 1.165) is 48.1 Å². The summed E-state index contributed by atoms with van der Waals surface area (Å²) in [6.45, 7) is 2.04. The Balaban J connectivity index is 1.79. The number of benzene rings is 2. The number of rotatable bonds is 3. The molecule has 2 heterocycles. The molecule has 0 bridgehead atoms. The van der Waals surface area contributed by atoms with Crippen LogP contribution in [0.3, 0.4) is 0 Å². The molecule has 140 valence electrons. The van der Waals surface area contributed by atoms with E-state index in [2.05, 4.69) is 22.2 Å². The molecule has 2 N–H and O–H groups in total. The molecule has 1 aromatic heterocycles. The summed E-state index contributed by atoms with van der Waals surface area (Å²) >= 11 is 5.95. The van der Waals surface area contributed by atoms with Crippen molar-refractivity contribution in [1.82, 2.24) is 10.3 Å². The highest BCUT2D eigenvalue weighted by Crippen LogP contribution is 2.35. The Morgan fingerprint density at radius 3 is 2.67 bits per heavy atom. The lowest BCUT2D eigenvalue weighted by Crippen LogP contribution is -2.41. The maximum Gasteiger partial charge on any atom is 0.170 e. The number of hydrogen-bond donors (Lipinski definition) is 2. The van der Waals surface area contributed by atoms with Gasteiger partial charge in [0.25, 0.3) is 0 Å². The van der Waals surface area contributed by atoms with Gasteiger partial charge in [0.05, 0.1) is 10.5 Å². The van der Waals surface area contributed by atoms with Crippen LogP contribution in [0.2, 0.25) is 5.02 Å². The van der Waals surface area contributed by atoms with Crippen molar-refractivity contribution in [3.05, 3.63) is 53.4 Å². The number of piperidine rings is 1. The zero-order chi connectivity index (χ0) is 19.0. The van der Waals surface area contributed by atoms with Gasteiger partial charge < -0.3 is 15.3 Å². The van der Waals surface area contributed by atoms with Crippen molar-refractivity contribution in [2.45, 2.75) is 18.9 Å². The van der Waals surface area contributed by atoms with Gasteiger partial charge in [-0.2, -0.15) is 0 Å². The number of aromatic hydroxyl groups is 1. The van der Waals surface area contributed by atoms with Gasteiger partial charge in [0.15, 0.2) is 11.6 Å². The third-order valence-electron chi connectivity index (χ3n) is 5.31. The number of hydrogen-bond acceptors (Lipinski definition) is 4. The van der Waals surface area contributed by atoms with Crippen LogP contribution in [-0.4, -0.2) is 36.3 Å². The second-order valence-corrected chi connectivity index (χ2v) is 7.35. The van der Waals surface area contributed by atoms with Gasteiger partial charge >= 0.3 is 0 Å². The van der Waals surface area contributed by atoms with E-state index in [-0.39, 0.29) is 5.02 Å². The van der Waals surface area contributed by atoms with Gasteiger partial charge in [-0.3, -0.25) is 4.98 Å². The zero-order valence-electron chi connectivity index (χ0n) is 15.0. The molecule has 0 saturated carbocycles. The molecule has 1 aliphatic heterocycles. The van der Waals surface area contributed by atoms with Gasteiger partial charge in [-0.1, -0.05) is 17.7 Å². The van der Waals surface area contributed by atoms with E-state index in [4.69, 9.17) is 11.6 Å². The van der Waals surface area contributed by atoms with E-state index in [0.29, 0.717) is 11.6 Å². The number of halogens is 2. The van der Waals surface area contributed by atoms with Gasteiger partial charge in [0, 0.05) is 30.4 Å². The van der Waals surface area contributed by atoms with Gasteiger partial charge in [-0.25, -0.2) is 4.39 Å². The molecule has 4 nitrogen and oxygen atoms in total. The second-order valence-electron chi connectivity index (χ2n) is 6.94. The first-order valence-electron chi connectivity index (χ1n) is 9.05. The molecule has 0 radical (unpaired) electrons. The Labute approximate surface area is 162 Å². The topological polar surface area (TPSA) is 48.4 Å². The number of anilines is 1. The lowest BCUT2D eigenvalue weighted by atomic mass is 10.0. The molecule has 3 aromatic rings. The van der Waals surface area contributed by atoms with Crippen molar-refractivity contribution < 1.29 is 9.50 Å². The van der Waals surface area contributed by atoms with E-state index >= 15 is 0 Å². The largest absolute Gasteiger partial charge is 0.504 e. The van der Waals surface area contributed by atoms with E-state index in [1.54, 1.807) is 6.07 Å². The molecule has 27 heavy (non-hydrogen) atoms. The minimum absolute atomic E-state index is 0.00308. The number of pyridine rings is 1. The zero-order valence-corrected chi connectivity index (χ0v) is 15.8. The van der Waals surface area contributed by atoms with Crippen LogP contribution in [0.1, 0.15) is 12.8 Å². The maximum absolute atomic E-state index is 13.9. The summed E-state index contributed by atoms with van der Waals surface area (Å²) in [7, 11) is 2.12. The van der Waals surface area contributed by atoms with Crippen LogP contribution in [0.25, 0.3) is 22.0 Å². The van der Waals surface area contributed by atoms with Crippen LogP contribution >= 0.6 is 11.6 Å². The van der Waals surface area contributed by atoms with Gasteiger partial charge in [-0.05, 0) is 67.4 Å². The Morgan fingerprint density at radius 1 is 1.15 bits per heavy atom. The number of aromatic nitrogens is 1. The molecule has 1 aliphatic rings. The lowest BCUT2D eigenvalue weighted by molar-refractivity contribution is 0.433. The van der Waals surface area contributed by atoms with Crippen molar-refractivity contribution in [3.63, 3.8) is 0 Å². The fraction of sp³-hybridized carbons (Fsp3) is 0.286. The summed E-state index contributed by atoms with van der Waals surface area (Å²) < 4.78 is 13.9. The summed E-state index contributed by atoms with van der Waals surface area (Å²) in [6.07, 6.45) is 4.02. The molecule has 0 amide bonds. The number of phenolic OH excluding ortho intramolecular Hbond substituents is 1. The number of nitrogens with one attached hydrogen (secondary N) is 1. The summed E-state index contributed by atoms with van der Waals surface area (Å²) in [5, 5.41) is 14.0. The van der Waals surface area contributed by atoms with E-state index in [1.807, 2.05) is 30.5 Å². The van der Waals surface area contributed by atoms with Crippen LogP contribution in [0.15, 0.2) is 42.6 Å². The maximum atomic E-state index is 13.9. The normalized spacial score (nSPS) is 15.2. The Morgan fingerprint density at radius 2 is 1.93 bits per heavy atom. The predicted molar refractivity (Wildman–Crippen MR) is 108 cm³/mol. The molecule has 2 aromatic carbocycles. The van der Waals surface area contributed by atoms with Gasteiger partial charge in [0.2, 0.25) is 0 Å². The van der Waals surface area contributed by atoms with Crippen LogP contribution in [0.5, 0.6) is 5.75 Å². The van der Waals surface area contributed by atoms with Crippen molar-refractivity contribution in [1.29, 1.82) is 0 Å². The van der Waals surface area contributed by atoms with Crippen LogP contribution in [0, 0.1) is 5.82 Å². The minimum Gasteiger partial charge on any atom is -0.504 e. The monoisotopic (exact) mass is 385 g/mol. The fourth-order valence-corrected chi connectivity index (χ4v) is 3.95. The van der Waals surface area contributed by atoms with Crippen molar-refractivity contribution >= 4 is 28.2 Å². The Bertz CT molecular complexity index is 965. The summed E-state index contributed by atoms with van der Waals surface area (Å²) in [5.41, 5.74) is 3.45. The molecular formula is C21H21ClFN3O. The van der Waals surface area contributed by atoms with Crippen LogP contribution < -0.4 is 10.2 Å². The molecule has 4 rings (SSSR count). The average molecular weight is 386 g/mol. The molecule has 0 unspecified atom stereocenters. The SMILES string of the molecule is CN(c1ccnc2ccc(-c3cc(F)c(O)c(Cl)c3)cc12)C1CCNCC1. The highest BCUT2D eigenvalue weighted by Gasteiger charge is 2.20. The smallest absolute Gasteiger partial charge is 0.170 e. The van der Waals surface area contributed by atoms with E-state index in [9.17, 15) is 9.50 Å². The summed E-state index contributed by atoms with van der Waals surface area (Å²) in [4.78, 5) is 6.79. The average Bonchev–Trinajstić information content (AvgIpc) is 2.71. The van der Waals surface area contributed by atoms with Crippen molar-refractivity contribution in [3.8, 4) is 16.9 Å². The fourth-order valence-electron chi connectivity index (χ4n) is 3.74. The molecule has 0 spiro atoms. The van der Waals surface area contributed by atoms with Crippen molar-refractivity contribution in [2.75, 3.05) is 25.0 Å². The number of nitrogens with zero attached hydrogens (tertiary/aromatic N) is 2. The first-order chi connectivity index (χ1) is 13.0. The molecule has 0 aliphatic carbocycles. The molecule has 0 atom stereocenters. The third kappa shape index (κ3) is 3.45. The van der Waals surface area contributed by atoms with Gasteiger partial charge in [-0.15, -0.1) is 0 Å². The first-order valence-corrected chi connectivity index (χ1v) is 9.43. The number of fused-ring (bicyclic) bond motifs is 1. The Hall–Kier alpha value is -2.37. The third-order valence-corrected chi connectivity index (χ3v) is 5.59. The predicted octanol–water partition coefficient (Wildman–Crippen LogP) is 4.59. The lowest BCUT2D eigenvalue weighted by Gasteiger charge is -2.34. The quantitative estimate of drug-likeness (QED) is 0.692. The molecular weight excluding hydrogens is 365 g/mol. The highest BCUT2D eigenvalue weighted by atomic mass is 35.5. The number of phenols is 1. The Kier molecular flexibility index (Phi) is 4.89. The second kappa shape index (κ2) is 7.33. The minimum atomic E-state index is -0.726. The summed E-state index contributed by atoms with van der Waals surface area (Å²) in [5.74, 6) is -1.25. The van der Waals surface area contributed by atoms with Crippen molar-refractivity contribution in [2.24, 2.45) is 0 Å². The van der Waals surface area contributed by atoms with E-state index < -0.39 is 11.6 Å². The molecule has 1 fully saturated rings. The first kappa shape index (κ1) is 18.0. The van der Waals surface area contributed by atoms with Crippen LogP contribution in [-0.2, 0) is 0 Å². The van der Waals surface area contributed by atoms with E-state index in [1.165, 1.54) is 6.07 Å². The highest BCUT2D eigenvalue weighted by molar-refractivity contribution is 6.32. The summed E-state index contributed by atoms with van der Waals surface area (Å²) in [6, 6.07) is 11.2. The standard InChI is InChI=1S/C21H21ClFN3O/c1-26(15-4-7-24-8-5-15)20-6-9-25-19-3-2-13(10-16(19)20)14-11-17(22)21(27)18(23)12-14/h2-3,6,9-12,15,24,27H,4-5,7-8H2,1H3. The van der Waals surface area contributed by atoms with Gasteiger partial charge in [0.1, 0.15) is 0 Å². The van der Waals surface area contributed by atoms with Crippen LogP contribution in [0.4, 0.5) is 10.1 Å². The molecule has 6 heteroatoms. The molecule has 1 saturated heterocycles.